The molecule has 0 spiro atoms. The van der Waals surface area contributed by atoms with Gasteiger partial charge in [-0.1, -0.05) is 30.3 Å². The summed E-state index contributed by atoms with van der Waals surface area (Å²) in [5.41, 5.74) is 6.92. The lowest BCUT2D eigenvalue weighted by molar-refractivity contribution is 0.716. The van der Waals surface area contributed by atoms with E-state index < -0.39 is 0 Å². The number of aromatic amines is 1. The van der Waals surface area contributed by atoms with Crippen molar-refractivity contribution >= 4 is 10.9 Å². The summed E-state index contributed by atoms with van der Waals surface area (Å²) in [4.78, 5) is 4.88. The molecule has 7 heteroatoms. The van der Waals surface area contributed by atoms with Gasteiger partial charge in [0.1, 0.15) is 5.82 Å². The van der Waals surface area contributed by atoms with E-state index >= 15 is 0 Å². The molecule has 5 aromatic rings. The number of nitrogens with zero attached hydrogens (tertiary/aromatic N) is 6. The smallest absolute Gasteiger partial charge is 0.181 e. The molecule has 1 saturated carbocycles. The second-order valence-corrected chi connectivity index (χ2v) is 8.35. The van der Waals surface area contributed by atoms with E-state index in [2.05, 4.69) is 51.7 Å². The molecule has 0 amide bonds. The Morgan fingerprint density at radius 3 is 2.52 bits per heavy atom. The van der Waals surface area contributed by atoms with Crippen molar-refractivity contribution in [1.82, 2.24) is 34.7 Å². The van der Waals surface area contributed by atoms with Crippen LogP contribution in [0.1, 0.15) is 35.7 Å². The minimum atomic E-state index is 0.642. The average molecular weight is 409 g/mol. The number of nitrogens with one attached hydrogen (secondary N) is 1. The molecule has 154 valence electrons. The van der Waals surface area contributed by atoms with Gasteiger partial charge in [-0.3, -0.25) is 14.5 Å². The molecule has 7 nitrogen and oxygen atoms in total. The van der Waals surface area contributed by atoms with Crippen LogP contribution in [-0.4, -0.2) is 34.7 Å². The number of hydrogen-bond donors (Lipinski definition) is 1. The molecule has 0 radical (unpaired) electrons. The van der Waals surface area contributed by atoms with Crippen molar-refractivity contribution in [2.75, 3.05) is 0 Å². The Hall–Kier alpha value is -3.74. The van der Waals surface area contributed by atoms with Gasteiger partial charge in [0.25, 0.3) is 0 Å². The number of aromatic nitrogens is 7. The van der Waals surface area contributed by atoms with Crippen LogP contribution in [0.3, 0.4) is 0 Å². The van der Waals surface area contributed by atoms with Crippen LogP contribution >= 0.6 is 0 Å². The standard InChI is InChI=1S/C24H23N7/c1-30-12-11-20(28-30)15-3-7-17(8-4-15)24-26-22(31(2)29-24)13-18-9-10-21-19(14-25-27-21)23(18)16-5-6-16/h3-4,7-12,14,16H,5-6,13H2,1-2H3,(H,25,27). The van der Waals surface area contributed by atoms with Gasteiger partial charge in [0.05, 0.1) is 17.4 Å². The Kier molecular flexibility index (Phi) is 4.02. The SMILES string of the molecule is Cn1ccc(-c2ccc(-c3nc(Cc4ccc5[nH]ncc5c4C4CC4)n(C)n3)cc2)n1. The maximum atomic E-state index is 4.88. The summed E-state index contributed by atoms with van der Waals surface area (Å²) in [6.07, 6.45) is 7.18. The number of H-pyrrole nitrogens is 1. The first-order valence-corrected chi connectivity index (χ1v) is 10.6. The van der Waals surface area contributed by atoms with Crippen LogP contribution in [0.4, 0.5) is 0 Å². The van der Waals surface area contributed by atoms with Crippen molar-refractivity contribution in [3.8, 4) is 22.6 Å². The third-order valence-electron chi connectivity index (χ3n) is 6.10. The van der Waals surface area contributed by atoms with Gasteiger partial charge < -0.3 is 0 Å². The number of aryl methyl sites for hydroxylation is 2. The minimum Gasteiger partial charge on any atom is -0.278 e. The van der Waals surface area contributed by atoms with E-state index in [9.17, 15) is 0 Å². The molecular weight excluding hydrogens is 386 g/mol. The molecule has 3 heterocycles. The van der Waals surface area contributed by atoms with Crippen LogP contribution in [-0.2, 0) is 20.5 Å². The summed E-state index contributed by atoms with van der Waals surface area (Å²) in [5.74, 6) is 2.36. The van der Waals surface area contributed by atoms with Gasteiger partial charge in [0, 0.05) is 43.2 Å². The maximum absolute atomic E-state index is 4.88. The summed E-state index contributed by atoms with van der Waals surface area (Å²) < 4.78 is 3.71. The van der Waals surface area contributed by atoms with Gasteiger partial charge in [-0.2, -0.15) is 15.3 Å². The lowest BCUT2D eigenvalue weighted by atomic mass is 9.96. The van der Waals surface area contributed by atoms with Gasteiger partial charge in [0.2, 0.25) is 0 Å². The van der Waals surface area contributed by atoms with E-state index in [1.54, 1.807) is 0 Å². The monoisotopic (exact) mass is 409 g/mol. The van der Waals surface area contributed by atoms with Crippen LogP contribution < -0.4 is 0 Å². The van der Waals surface area contributed by atoms with Gasteiger partial charge in [-0.25, -0.2) is 4.98 Å². The summed E-state index contributed by atoms with van der Waals surface area (Å²) in [6, 6.07) is 14.6. The summed E-state index contributed by atoms with van der Waals surface area (Å²) in [7, 11) is 3.90. The first-order chi connectivity index (χ1) is 15.2. The van der Waals surface area contributed by atoms with Crippen LogP contribution in [0.5, 0.6) is 0 Å². The molecule has 1 fully saturated rings. The third-order valence-corrected chi connectivity index (χ3v) is 6.10. The van der Waals surface area contributed by atoms with Crippen LogP contribution in [0, 0.1) is 0 Å². The van der Waals surface area contributed by atoms with Crippen LogP contribution in [0.2, 0.25) is 0 Å². The molecule has 0 aliphatic heterocycles. The Bertz CT molecular complexity index is 1380. The largest absolute Gasteiger partial charge is 0.278 e. The molecule has 31 heavy (non-hydrogen) atoms. The fraction of sp³-hybridized carbons (Fsp3) is 0.250. The minimum absolute atomic E-state index is 0.642. The quantitative estimate of drug-likeness (QED) is 0.471. The number of fused-ring (bicyclic) bond motifs is 1. The van der Waals surface area contributed by atoms with Gasteiger partial charge >= 0.3 is 0 Å². The van der Waals surface area contributed by atoms with Crippen molar-refractivity contribution in [2.24, 2.45) is 14.1 Å². The van der Waals surface area contributed by atoms with Crippen molar-refractivity contribution in [2.45, 2.75) is 25.2 Å². The molecule has 3 aromatic heterocycles. The Balaban J connectivity index is 1.31. The average Bonchev–Trinajstić information content (AvgIpc) is 3.15. The summed E-state index contributed by atoms with van der Waals surface area (Å²) in [6.45, 7) is 0. The Morgan fingerprint density at radius 2 is 1.77 bits per heavy atom. The van der Waals surface area contributed by atoms with Gasteiger partial charge in [0.15, 0.2) is 5.82 Å². The number of benzene rings is 2. The Morgan fingerprint density at radius 1 is 0.968 bits per heavy atom. The zero-order valence-corrected chi connectivity index (χ0v) is 17.6. The lowest BCUT2D eigenvalue weighted by Gasteiger charge is -2.09. The van der Waals surface area contributed by atoms with Crippen molar-refractivity contribution in [3.63, 3.8) is 0 Å². The van der Waals surface area contributed by atoms with E-state index in [4.69, 9.17) is 10.1 Å². The molecule has 0 unspecified atom stereocenters. The van der Waals surface area contributed by atoms with Gasteiger partial charge in [-0.15, -0.1) is 0 Å². The second-order valence-electron chi connectivity index (χ2n) is 8.35. The normalized spacial score (nSPS) is 13.9. The molecule has 0 bridgehead atoms. The molecule has 0 saturated heterocycles. The fourth-order valence-corrected chi connectivity index (χ4v) is 4.32. The molecular formula is C24H23N7. The first kappa shape index (κ1) is 18.1. The molecule has 6 rings (SSSR count). The zero-order chi connectivity index (χ0) is 20.9. The van der Waals surface area contributed by atoms with Crippen molar-refractivity contribution in [1.29, 1.82) is 0 Å². The molecule has 0 atom stereocenters. The van der Waals surface area contributed by atoms with E-state index in [1.165, 1.54) is 29.4 Å². The topological polar surface area (TPSA) is 77.2 Å². The van der Waals surface area contributed by atoms with Crippen molar-refractivity contribution < 1.29 is 0 Å². The molecule has 1 aliphatic rings. The van der Waals surface area contributed by atoms with Crippen LogP contribution in [0.15, 0.2) is 54.9 Å². The van der Waals surface area contributed by atoms with E-state index in [1.807, 2.05) is 41.9 Å². The fourth-order valence-electron chi connectivity index (χ4n) is 4.32. The maximum Gasteiger partial charge on any atom is 0.181 e. The third kappa shape index (κ3) is 3.22. The van der Waals surface area contributed by atoms with E-state index in [-0.39, 0.29) is 0 Å². The van der Waals surface area contributed by atoms with Gasteiger partial charge in [-0.05, 0) is 42.0 Å². The van der Waals surface area contributed by atoms with Crippen LogP contribution in [0.25, 0.3) is 33.5 Å². The highest BCUT2D eigenvalue weighted by molar-refractivity contribution is 5.84. The summed E-state index contributed by atoms with van der Waals surface area (Å²) in [5, 5.41) is 17.8. The number of rotatable bonds is 5. The highest BCUT2D eigenvalue weighted by Gasteiger charge is 2.29. The highest BCUT2D eigenvalue weighted by Crippen LogP contribution is 2.45. The summed E-state index contributed by atoms with van der Waals surface area (Å²) >= 11 is 0. The predicted octanol–water partition coefficient (Wildman–Crippen LogP) is 4.23. The molecule has 2 aromatic carbocycles. The lowest BCUT2D eigenvalue weighted by Crippen LogP contribution is -2.03. The first-order valence-electron chi connectivity index (χ1n) is 10.6. The zero-order valence-electron chi connectivity index (χ0n) is 17.6. The molecule has 1 aliphatic carbocycles. The highest BCUT2D eigenvalue weighted by atomic mass is 15.3. The molecule has 1 N–H and O–H groups in total. The Labute approximate surface area is 179 Å². The predicted molar refractivity (Wildman–Crippen MR) is 120 cm³/mol. The van der Waals surface area contributed by atoms with E-state index in [0.29, 0.717) is 5.92 Å². The second kappa shape index (κ2) is 6.91. The van der Waals surface area contributed by atoms with E-state index in [0.717, 1.165) is 40.4 Å². The number of hydrogen-bond acceptors (Lipinski definition) is 4. The van der Waals surface area contributed by atoms with Crippen molar-refractivity contribution in [3.05, 3.63) is 71.8 Å².